The largest absolute Gasteiger partial charge is 0.489 e. The average Bonchev–Trinajstić information content (AvgIpc) is 2.90. The molecule has 0 unspecified atom stereocenters. The zero-order valence-electron chi connectivity index (χ0n) is 18.9. The Balaban J connectivity index is 1.37. The molecule has 180 valence electrons. The van der Waals surface area contributed by atoms with Crippen LogP contribution in [0.5, 0.6) is 11.5 Å². The second-order valence-corrected chi connectivity index (χ2v) is 8.93. The number of esters is 1. The first-order chi connectivity index (χ1) is 17.5. The minimum atomic E-state index is -0.540. The molecule has 4 aromatic rings. The van der Waals surface area contributed by atoms with Crippen molar-refractivity contribution in [1.82, 2.24) is 5.43 Å². The number of benzene rings is 4. The number of ether oxygens (including phenoxy) is 2. The van der Waals surface area contributed by atoms with Crippen molar-refractivity contribution in [3.63, 3.8) is 0 Å². The van der Waals surface area contributed by atoms with Gasteiger partial charge in [0.15, 0.2) is 0 Å². The van der Waals surface area contributed by atoms with Gasteiger partial charge in [-0.15, -0.1) is 0 Å². The van der Waals surface area contributed by atoms with E-state index in [1.807, 2.05) is 30.3 Å². The molecule has 0 fully saturated rings. The highest BCUT2D eigenvalue weighted by molar-refractivity contribution is 9.10. The number of hydrogen-bond acceptors (Lipinski definition) is 5. The maximum atomic E-state index is 12.5. The number of carbonyl (C=O) groups is 2. The highest BCUT2D eigenvalue weighted by Gasteiger charge is 2.12. The van der Waals surface area contributed by atoms with E-state index < -0.39 is 11.9 Å². The van der Waals surface area contributed by atoms with Crippen molar-refractivity contribution >= 4 is 45.6 Å². The van der Waals surface area contributed by atoms with Crippen molar-refractivity contribution in [3.05, 3.63) is 129 Å². The first-order valence-corrected chi connectivity index (χ1v) is 12.0. The molecule has 4 aromatic carbocycles. The van der Waals surface area contributed by atoms with Gasteiger partial charge in [-0.25, -0.2) is 10.2 Å². The smallest absolute Gasteiger partial charge is 0.343 e. The van der Waals surface area contributed by atoms with Crippen LogP contribution in [0.2, 0.25) is 5.02 Å². The van der Waals surface area contributed by atoms with E-state index in [9.17, 15) is 9.59 Å². The lowest BCUT2D eigenvalue weighted by atomic mass is 10.2. The third-order valence-corrected chi connectivity index (χ3v) is 5.73. The van der Waals surface area contributed by atoms with Crippen molar-refractivity contribution in [2.75, 3.05) is 0 Å². The molecule has 0 atom stereocenters. The van der Waals surface area contributed by atoms with Gasteiger partial charge in [0, 0.05) is 20.6 Å². The van der Waals surface area contributed by atoms with Crippen molar-refractivity contribution in [1.29, 1.82) is 0 Å². The monoisotopic (exact) mass is 562 g/mol. The van der Waals surface area contributed by atoms with Crippen LogP contribution in [0.1, 0.15) is 31.8 Å². The number of amides is 1. The molecule has 4 rings (SSSR count). The zero-order valence-corrected chi connectivity index (χ0v) is 21.2. The van der Waals surface area contributed by atoms with E-state index in [0.717, 1.165) is 10.0 Å². The Labute approximate surface area is 221 Å². The van der Waals surface area contributed by atoms with E-state index in [4.69, 9.17) is 21.1 Å². The molecule has 0 aliphatic carbocycles. The standard InChI is InChI=1S/C28H20BrClN2O4/c29-23-10-15-26(36-28(34)21-6-11-24(30)12-7-21)22(16-23)17-31-32-27(33)20-8-13-25(14-9-20)35-18-19-4-2-1-3-5-19/h1-17H,18H2,(H,32,33)/b31-17-. The van der Waals surface area contributed by atoms with Gasteiger partial charge in [0.2, 0.25) is 0 Å². The fourth-order valence-corrected chi connectivity index (χ4v) is 3.63. The molecule has 0 spiro atoms. The Morgan fingerprint density at radius 1 is 0.889 bits per heavy atom. The van der Waals surface area contributed by atoms with Crippen LogP contribution < -0.4 is 14.9 Å². The number of rotatable bonds is 8. The van der Waals surface area contributed by atoms with Gasteiger partial charge in [0.05, 0.1) is 11.8 Å². The number of nitrogens with zero attached hydrogens (tertiary/aromatic N) is 1. The van der Waals surface area contributed by atoms with Crippen molar-refractivity contribution in [2.24, 2.45) is 5.10 Å². The summed E-state index contributed by atoms with van der Waals surface area (Å²) in [5.41, 5.74) is 4.81. The molecule has 0 aliphatic rings. The molecule has 8 heteroatoms. The van der Waals surface area contributed by atoms with Gasteiger partial charge >= 0.3 is 5.97 Å². The van der Waals surface area contributed by atoms with E-state index in [1.165, 1.54) is 6.21 Å². The zero-order chi connectivity index (χ0) is 25.3. The van der Waals surface area contributed by atoms with E-state index >= 15 is 0 Å². The average molecular weight is 564 g/mol. The van der Waals surface area contributed by atoms with Crippen LogP contribution in [0.15, 0.2) is 107 Å². The summed E-state index contributed by atoms with van der Waals surface area (Å²) in [6.45, 7) is 0.439. The van der Waals surface area contributed by atoms with Crippen LogP contribution in [0.4, 0.5) is 0 Å². The summed E-state index contributed by atoms with van der Waals surface area (Å²) in [4.78, 5) is 25.0. The molecular formula is C28H20BrClN2O4. The second kappa shape index (κ2) is 12.2. The quantitative estimate of drug-likeness (QED) is 0.112. The van der Waals surface area contributed by atoms with Gasteiger partial charge in [0.25, 0.3) is 5.91 Å². The molecule has 36 heavy (non-hydrogen) atoms. The van der Waals surface area contributed by atoms with Gasteiger partial charge in [-0.3, -0.25) is 4.79 Å². The Hall–Kier alpha value is -3.94. The van der Waals surface area contributed by atoms with Gasteiger partial charge in [-0.2, -0.15) is 5.10 Å². The Kier molecular flexibility index (Phi) is 8.49. The molecule has 6 nitrogen and oxygen atoms in total. The number of nitrogens with one attached hydrogen (secondary N) is 1. The van der Waals surface area contributed by atoms with Gasteiger partial charge in [0.1, 0.15) is 18.1 Å². The minimum absolute atomic E-state index is 0.288. The van der Waals surface area contributed by atoms with Crippen LogP contribution in [0, 0.1) is 0 Å². The number of hydrazone groups is 1. The van der Waals surface area contributed by atoms with Gasteiger partial charge in [-0.1, -0.05) is 57.9 Å². The fourth-order valence-electron chi connectivity index (χ4n) is 3.13. The maximum absolute atomic E-state index is 12.5. The Bertz CT molecular complexity index is 1380. The fraction of sp³-hybridized carbons (Fsp3) is 0.0357. The molecule has 0 bridgehead atoms. The lowest BCUT2D eigenvalue weighted by Crippen LogP contribution is -2.17. The molecular weight excluding hydrogens is 544 g/mol. The number of halogens is 2. The molecule has 1 N–H and O–H groups in total. The third-order valence-electron chi connectivity index (χ3n) is 4.99. The van der Waals surface area contributed by atoms with Crippen LogP contribution in [-0.4, -0.2) is 18.1 Å². The molecule has 0 saturated heterocycles. The molecule has 0 radical (unpaired) electrons. The van der Waals surface area contributed by atoms with E-state index in [1.54, 1.807) is 66.7 Å². The maximum Gasteiger partial charge on any atom is 0.343 e. The predicted octanol–water partition coefficient (Wildman–Crippen LogP) is 6.66. The Morgan fingerprint density at radius 2 is 1.58 bits per heavy atom. The summed E-state index contributed by atoms with van der Waals surface area (Å²) in [5.74, 6) is 0.00839. The summed E-state index contributed by atoms with van der Waals surface area (Å²) in [6, 6.07) is 28.1. The van der Waals surface area contributed by atoms with Crippen molar-refractivity contribution in [2.45, 2.75) is 6.61 Å². The summed E-state index contributed by atoms with van der Waals surface area (Å²) in [6.07, 6.45) is 1.41. The van der Waals surface area contributed by atoms with Crippen LogP contribution >= 0.6 is 27.5 Å². The minimum Gasteiger partial charge on any atom is -0.489 e. The molecule has 0 aromatic heterocycles. The highest BCUT2D eigenvalue weighted by Crippen LogP contribution is 2.23. The molecule has 0 heterocycles. The van der Waals surface area contributed by atoms with E-state index in [2.05, 4.69) is 26.5 Å². The SMILES string of the molecule is O=C(N/N=C\c1cc(Br)ccc1OC(=O)c1ccc(Cl)cc1)c1ccc(OCc2ccccc2)cc1. The summed E-state index contributed by atoms with van der Waals surface area (Å²) in [5, 5.41) is 4.55. The lowest BCUT2D eigenvalue weighted by Gasteiger charge is -2.08. The van der Waals surface area contributed by atoms with Crippen molar-refractivity contribution < 1.29 is 19.1 Å². The summed E-state index contributed by atoms with van der Waals surface area (Å²) >= 11 is 9.27. The molecule has 1 amide bonds. The molecule has 0 saturated carbocycles. The normalized spacial score (nSPS) is 10.7. The number of carbonyl (C=O) groups excluding carboxylic acids is 2. The first kappa shape index (κ1) is 25.2. The van der Waals surface area contributed by atoms with Crippen molar-refractivity contribution in [3.8, 4) is 11.5 Å². The van der Waals surface area contributed by atoms with Crippen LogP contribution in [0.25, 0.3) is 0 Å². The van der Waals surface area contributed by atoms with Crippen LogP contribution in [-0.2, 0) is 6.61 Å². The molecule has 0 aliphatic heterocycles. The predicted molar refractivity (Wildman–Crippen MR) is 143 cm³/mol. The van der Waals surface area contributed by atoms with E-state index in [-0.39, 0.29) is 5.75 Å². The van der Waals surface area contributed by atoms with Gasteiger partial charge < -0.3 is 9.47 Å². The van der Waals surface area contributed by atoms with Gasteiger partial charge in [-0.05, 0) is 72.3 Å². The van der Waals surface area contributed by atoms with Crippen LogP contribution in [0.3, 0.4) is 0 Å². The topological polar surface area (TPSA) is 77.0 Å². The first-order valence-electron chi connectivity index (χ1n) is 10.9. The summed E-state index contributed by atoms with van der Waals surface area (Å²) in [7, 11) is 0. The van der Waals surface area contributed by atoms with E-state index in [0.29, 0.717) is 34.1 Å². The highest BCUT2D eigenvalue weighted by atomic mass is 79.9. The number of hydrogen-bond donors (Lipinski definition) is 1. The Morgan fingerprint density at radius 3 is 2.31 bits per heavy atom. The second-order valence-electron chi connectivity index (χ2n) is 7.58. The lowest BCUT2D eigenvalue weighted by molar-refractivity contribution is 0.0734. The third kappa shape index (κ3) is 7.04. The summed E-state index contributed by atoms with van der Waals surface area (Å²) < 4.78 is 12.0.